The van der Waals surface area contributed by atoms with Gasteiger partial charge in [0.2, 0.25) is 0 Å². The van der Waals surface area contributed by atoms with Crippen molar-refractivity contribution >= 4 is 15.5 Å². The van der Waals surface area contributed by atoms with Gasteiger partial charge in [0, 0.05) is 39.7 Å². The number of rotatable bonds is 5. The van der Waals surface area contributed by atoms with Crippen LogP contribution in [-0.2, 0) is 19.3 Å². The molecule has 7 heteroatoms. The van der Waals surface area contributed by atoms with Crippen LogP contribution < -0.4 is 5.32 Å². The minimum absolute atomic E-state index is 0.100. The Hall–Kier alpha value is -1.18. The molecule has 0 spiro atoms. The van der Waals surface area contributed by atoms with Crippen LogP contribution in [0.4, 0.5) is 5.69 Å². The molecule has 0 unspecified atom stereocenters. The Labute approximate surface area is 138 Å². The zero-order valence-electron chi connectivity index (χ0n) is 14.3. The lowest BCUT2D eigenvalue weighted by atomic mass is 9.94. The molecule has 0 atom stereocenters. The van der Waals surface area contributed by atoms with Crippen LogP contribution in [0.2, 0.25) is 0 Å². The van der Waals surface area contributed by atoms with Crippen molar-refractivity contribution in [3.63, 3.8) is 0 Å². The Morgan fingerprint density at radius 3 is 2.43 bits per heavy atom. The summed E-state index contributed by atoms with van der Waals surface area (Å²) in [4.78, 5) is 4.11. The number of hydrogen-bond acceptors (Lipinski definition) is 6. The molecule has 0 bridgehead atoms. The van der Waals surface area contributed by atoms with Gasteiger partial charge in [0.1, 0.15) is 0 Å². The zero-order valence-corrected chi connectivity index (χ0v) is 15.1. The molecule has 1 N–H and O–H groups in total. The van der Waals surface area contributed by atoms with Crippen molar-refractivity contribution in [3.8, 4) is 0 Å². The molecule has 0 saturated carbocycles. The maximum absolute atomic E-state index is 12.4. The fraction of sp³-hybridized carbons (Fsp3) is 0.688. The number of nitrogens with zero attached hydrogens (tertiary/aromatic N) is 1. The monoisotopic (exact) mass is 342 g/mol. The van der Waals surface area contributed by atoms with E-state index in [1.807, 2.05) is 0 Å². The van der Waals surface area contributed by atoms with Gasteiger partial charge < -0.3 is 14.8 Å². The quantitative estimate of drug-likeness (QED) is 0.884. The van der Waals surface area contributed by atoms with E-state index >= 15 is 0 Å². The van der Waals surface area contributed by atoms with Crippen LogP contribution >= 0.6 is 0 Å². The van der Waals surface area contributed by atoms with Crippen LogP contribution in [0.1, 0.15) is 33.6 Å². The van der Waals surface area contributed by atoms with Crippen LogP contribution in [-0.4, -0.2) is 50.6 Å². The fourth-order valence-electron chi connectivity index (χ4n) is 2.42. The van der Waals surface area contributed by atoms with Gasteiger partial charge in [0.05, 0.1) is 22.2 Å². The third-order valence-corrected chi connectivity index (χ3v) is 6.67. The molecule has 130 valence electrons. The smallest absolute Gasteiger partial charge is 0.200 e. The molecule has 1 aliphatic heterocycles. The summed E-state index contributed by atoms with van der Waals surface area (Å²) < 4.78 is 34.9. The molecule has 0 aromatic carbocycles. The molecule has 6 nitrogen and oxygen atoms in total. The predicted molar refractivity (Wildman–Crippen MR) is 89.5 cm³/mol. The molecule has 1 saturated heterocycles. The first-order chi connectivity index (χ1) is 10.7. The second kappa shape index (κ2) is 6.75. The van der Waals surface area contributed by atoms with Crippen LogP contribution in [0.3, 0.4) is 0 Å². The van der Waals surface area contributed by atoms with Gasteiger partial charge in [-0.1, -0.05) is 0 Å². The summed E-state index contributed by atoms with van der Waals surface area (Å²) in [5.41, 5.74) is 0.537. The van der Waals surface area contributed by atoms with E-state index in [2.05, 4.69) is 10.3 Å². The summed E-state index contributed by atoms with van der Waals surface area (Å²) in [6, 6.07) is 3.29. The fourth-order valence-corrected chi connectivity index (χ4v) is 3.48. The summed E-state index contributed by atoms with van der Waals surface area (Å²) in [5, 5.41) is 3.39. The van der Waals surface area contributed by atoms with Gasteiger partial charge in [-0.05, 0) is 32.9 Å². The molecule has 2 heterocycles. The van der Waals surface area contributed by atoms with Crippen molar-refractivity contribution in [2.45, 2.75) is 49.0 Å². The minimum atomic E-state index is -3.43. The number of anilines is 1. The molecule has 2 rings (SSSR count). The number of pyridine rings is 1. The Kier molecular flexibility index (Phi) is 5.33. The highest BCUT2D eigenvalue weighted by atomic mass is 32.2. The van der Waals surface area contributed by atoms with E-state index in [4.69, 9.17) is 9.47 Å². The van der Waals surface area contributed by atoms with Gasteiger partial charge in [0.25, 0.3) is 0 Å². The highest BCUT2D eigenvalue weighted by molar-refractivity contribution is 7.92. The van der Waals surface area contributed by atoms with Gasteiger partial charge in [-0.3, -0.25) is 0 Å². The van der Waals surface area contributed by atoms with Crippen molar-refractivity contribution < 1.29 is 17.9 Å². The van der Waals surface area contributed by atoms with Crippen molar-refractivity contribution in [3.05, 3.63) is 18.3 Å². The van der Waals surface area contributed by atoms with Crippen molar-refractivity contribution in [1.82, 2.24) is 4.98 Å². The molecule has 1 fully saturated rings. The summed E-state index contributed by atoms with van der Waals surface area (Å²) in [5.74, 6) is 0. The average molecular weight is 342 g/mol. The van der Waals surface area contributed by atoms with Crippen LogP contribution in [0, 0.1) is 0 Å². The summed E-state index contributed by atoms with van der Waals surface area (Å²) in [7, 11) is -1.71. The van der Waals surface area contributed by atoms with Gasteiger partial charge in [0.15, 0.2) is 14.9 Å². The predicted octanol–water partition coefficient (Wildman–Crippen LogP) is 2.26. The zero-order chi connectivity index (χ0) is 17.1. The van der Waals surface area contributed by atoms with E-state index in [0.717, 1.165) is 18.5 Å². The first kappa shape index (κ1) is 18.2. The molecule has 23 heavy (non-hydrogen) atoms. The van der Waals surface area contributed by atoms with Gasteiger partial charge >= 0.3 is 0 Å². The lowest BCUT2D eigenvalue weighted by Gasteiger charge is -2.36. The number of hydrogen-bond donors (Lipinski definition) is 1. The summed E-state index contributed by atoms with van der Waals surface area (Å²) in [6.07, 6.45) is 3.22. The maximum atomic E-state index is 12.4. The Morgan fingerprint density at radius 2 is 1.96 bits per heavy atom. The van der Waals surface area contributed by atoms with E-state index in [0.29, 0.717) is 19.8 Å². The van der Waals surface area contributed by atoms with Crippen LogP contribution in [0.5, 0.6) is 0 Å². The van der Waals surface area contributed by atoms with E-state index in [-0.39, 0.29) is 10.6 Å². The van der Waals surface area contributed by atoms with Crippen molar-refractivity contribution in [2.75, 3.05) is 32.2 Å². The molecule has 1 aromatic rings. The van der Waals surface area contributed by atoms with Crippen molar-refractivity contribution in [1.29, 1.82) is 0 Å². The Morgan fingerprint density at radius 1 is 1.30 bits per heavy atom. The first-order valence-corrected chi connectivity index (χ1v) is 9.26. The van der Waals surface area contributed by atoms with Crippen molar-refractivity contribution in [2.24, 2.45) is 0 Å². The van der Waals surface area contributed by atoms with E-state index < -0.39 is 14.6 Å². The van der Waals surface area contributed by atoms with Gasteiger partial charge in [-0.15, -0.1) is 0 Å². The first-order valence-electron chi connectivity index (χ1n) is 7.78. The minimum Gasteiger partial charge on any atom is -0.381 e. The molecule has 1 aliphatic rings. The number of nitrogens with one attached hydrogen (secondary N) is 1. The summed E-state index contributed by atoms with van der Waals surface area (Å²) in [6.45, 7) is 7.03. The Balaban J connectivity index is 2.06. The van der Waals surface area contributed by atoms with E-state index in [1.54, 1.807) is 46.2 Å². The number of aromatic nitrogens is 1. The molecular formula is C16H26N2O4S. The highest BCUT2D eigenvalue weighted by Gasteiger charge is 2.33. The maximum Gasteiger partial charge on any atom is 0.200 e. The highest BCUT2D eigenvalue weighted by Crippen LogP contribution is 2.26. The molecular weight excluding hydrogens is 316 g/mol. The van der Waals surface area contributed by atoms with E-state index in [1.165, 1.54) is 0 Å². The number of sulfone groups is 1. The lowest BCUT2D eigenvalue weighted by molar-refractivity contribution is -0.0807. The largest absolute Gasteiger partial charge is 0.381 e. The molecule has 0 radical (unpaired) electrons. The second-order valence-corrected chi connectivity index (χ2v) is 9.50. The third-order valence-electron chi connectivity index (χ3n) is 4.27. The lowest BCUT2D eigenvalue weighted by Crippen LogP contribution is -2.44. The molecule has 0 amide bonds. The number of ether oxygens (including phenoxy) is 2. The summed E-state index contributed by atoms with van der Waals surface area (Å²) >= 11 is 0. The van der Waals surface area contributed by atoms with Crippen LogP contribution in [0.25, 0.3) is 0 Å². The Bertz CT molecular complexity index is 614. The third kappa shape index (κ3) is 4.02. The average Bonchev–Trinajstić information content (AvgIpc) is 2.53. The van der Waals surface area contributed by atoms with Gasteiger partial charge in [-0.25, -0.2) is 13.4 Å². The number of methoxy groups -OCH3 is 1. The van der Waals surface area contributed by atoms with Crippen LogP contribution in [0.15, 0.2) is 23.4 Å². The standard InChI is InChI=1S/C16H26N2O4S/c1-15(2,3)23(19,20)14-6-5-13(11-17-14)18-12-16(21-4)7-9-22-10-8-16/h5-6,11,18H,7-10,12H2,1-4H3. The topological polar surface area (TPSA) is 77.5 Å². The molecule has 1 aromatic heterocycles. The second-order valence-electron chi connectivity index (χ2n) is 6.85. The normalized spacial score (nSPS) is 18.6. The van der Waals surface area contributed by atoms with Gasteiger partial charge in [-0.2, -0.15) is 0 Å². The van der Waals surface area contributed by atoms with E-state index in [9.17, 15) is 8.42 Å². The molecule has 0 aliphatic carbocycles. The SMILES string of the molecule is COC1(CNc2ccc(S(=O)(=O)C(C)(C)C)nc2)CCOCC1.